The maximum atomic E-state index is 9.25. The third-order valence-electron chi connectivity index (χ3n) is 2.38. The lowest BCUT2D eigenvalue weighted by Crippen LogP contribution is -2.37. The molecule has 0 saturated carbocycles. The van der Waals surface area contributed by atoms with E-state index in [0.717, 1.165) is 29.0 Å². The maximum absolute atomic E-state index is 9.25. The molecule has 0 atom stereocenters. The molecule has 0 spiro atoms. The first kappa shape index (κ1) is 9.93. The summed E-state index contributed by atoms with van der Waals surface area (Å²) >= 11 is 0. The van der Waals surface area contributed by atoms with Gasteiger partial charge >= 0.3 is 0 Å². The zero-order valence-electron chi connectivity index (χ0n) is 8.83. The van der Waals surface area contributed by atoms with Crippen molar-refractivity contribution in [1.29, 1.82) is 0 Å². The normalized spacial score (nSPS) is 10.8. The molecular weight excluding hydrogens is 188 g/mol. The minimum atomic E-state index is 0.0158. The second-order valence-electron chi connectivity index (χ2n) is 3.79. The van der Waals surface area contributed by atoms with Crippen LogP contribution in [-0.2, 0) is 13.2 Å². The molecule has 3 nitrogen and oxygen atoms in total. The Morgan fingerprint density at radius 1 is 1.47 bits per heavy atom. The summed E-state index contributed by atoms with van der Waals surface area (Å²) in [5.74, 6) is 0.819. The van der Waals surface area contributed by atoms with Gasteiger partial charge in [0.2, 0.25) is 0 Å². The van der Waals surface area contributed by atoms with Crippen LogP contribution in [0.25, 0.3) is 11.0 Å². The van der Waals surface area contributed by atoms with E-state index >= 15 is 0 Å². The molecule has 1 heterocycles. The zero-order chi connectivity index (χ0) is 10.8. The van der Waals surface area contributed by atoms with Crippen LogP contribution in [0.1, 0.15) is 12.7 Å². The number of rotatable bonds is 3. The van der Waals surface area contributed by atoms with Gasteiger partial charge in [-0.2, -0.15) is 0 Å². The van der Waals surface area contributed by atoms with Gasteiger partial charge in [-0.1, -0.05) is 18.7 Å². The number of para-hydroxylation sites is 2. The van der Waals surface area contributed by atoms with Gasteiger partial charge in [0.15, 0.2) is 11.0 Å². The monoisotopic (exact) mass is 203 g/mol. The van der Waals surface area contributed by atoms with Crippen LogP contribution in [0.3, 0.4) is 0 Å². The smallest absolute Gasteiger partial charge is 0.281 e. The van der Waals surface area contributed by atoms with Crippen LogP contribution in [0.5, 0.6) is 0 Å². The predicted octanol–water partition coefficient (Wildman–Crippen LogP) is 1.52. The highest BCUT2D eigenvalue weighted by atomic mass is 16.3. The van der Waals surface area contributed by atoms with Crippen molar-refractivity contribution in [3.63, 3.8) is 0 Å². The zero-order valence-corrected chi connectivity index (χ0v) is 8.83. The lowest BCUT2D eigenvalue weighted by atomic mass is 10.3. The number of imidazole rings is 1. The van der Waals surface area contributed by atoms with Gasteiger partial charge in [-0.05, 0) is 24.6 Å². The molecule has 1 aromatic heterocycles. The van der Waals surface area contributed by atoms with Gasteiger partial charge in [-0.3, -0.25) is 0 Å². The molecule has 0 aliphatic rings. The number of benzene rings is 1. The Labute approximate surface area is 88.7 Å². The number of hydrogen-bond donors (Lipinski definition) is 2. The van der Waals surface area contributed by atoms with E-state index in [4.69, 9.17) is 0 Å². The lowest BCUT2D eigenvalue weighted by Gasteiger charge is -1.99. The van der Waals surface area contributed by atoms with E-state index in [1.54, 1.807) is 0 Å². The number of H-pyrrole nitrogens is 1. The van der Waals surface area contributed by atoms with Crippen LogP contribution in [0.2, 0.25) is 0 Å². The van der Waals surface area contributed by atoms with Gasteiger partial charge in [0.25, 0.3) is 5.82 Å². The van der Waals surface area contributed by atoms with Crippen LogP contribution in [0, 0.1) is 0 Å². The molecule has 0 amide bonds. The molecular formula is C12H15N2O+. The fraction of sp³-hybridized carbons (Fsp3) is 0.250. The van der Waals surface area contributed by atoms with Crippen LogP contribution in [0.15, 0.2) is 36.4 Å². The number of hydrogen-bond acceptors (Lipinski definition) is 1. The summed E-state index contributed by atoms with van der Waals surface area (Å²) in [5, 5.41) is 9.25. The summed E-state index contributed by atoms with van der Waals surface area (Å²) < 4.78 is 2.05. The van der Waals surface area contributed by atoms with Crippen molar-refractivity contribution in [2.75, 3.05) is 0 Å². The summed E-state index contributed by atoms with van der Waals surface area (Å²) in [6.45, 7) is 6.63. The topological polar surface area (TPSA) is 39.9 Å². The van der Waals surface area contributed by atoms with E-state index in [1.165, 1.54) is 0 Å². The van der Waals surface area contributed by atoms with Gasteiger partial charge in [0, 0.05) is 0 Å². The molecule has 3 heteroatoms. The Morgan fingerprint density at radius 3 is 2.87 bits per heavy atom. The number of nitrogens with zero attached hydrogens (tertiary/aromatic N) is 1. The summed E-state index contributed by atoms with van der Waals surface area (Å²) in [7, 11) is 0. The SMILES string of the molecule is C=C(C)C[n+]1c(CO)[nH]c2ccccc21. The Hall–Kier alpha value is -1.61. The fourth-order valence-electron chi connectivity index (χ4n) is 1.76. The third kappa shape index (κ3) is 1.78. The molecule has 78 valence electrons. The molecule has 0 fully saturated rings. The average Bonchev–Trinajstić information content (AvgIpc) is 2.56. The molecule has 1 aromatic carbocycles. The number of aromatic amines is 1. The van der Waals surface area contributed by atoms with Gasteiger partial charge in [0.1, 0.15) is 13.2 Å². The van der Waals surface area contributed by atoms with Crippen molar-refractivity contribution >= 4 is 11.0 Å². The van der Waals surface area contributed by atoms with Crippen LogP contribution >= 0.6 is 0 Å². The van der Waals surface area contributed by atoms with Crippen molar-refractivity contribution < 1.29 is 9.67 Å². The number of aliphatic hydroxyl groups is 1. The van der Waals surface area contributed by atoms with Crippen molar-refractivity contribution in [3.8, 4) is 0 Å². The summed E-state index contributed by atoms with van der Waals surface area (Å²) in [6, 6.07) is 8.01. The minimum Gasteiger partial charge on any atom is -0.384 e. The highest BCUT2D eigenvalue weighted by molar-refractivity contribution is 5.71. The second kappa shape index (κ2) is 3.87. The maximum Gasteiger partial charge on any atom is 0.281 e. The van der Waals surface area contributed by atoms with Gasteiger partial charge in [-0.15, -0.1) is 0 Å². The first-order valence-electron chi connectivity index (χ1n) is 4.97. The number of fused-ring (bicyclic) bond motifs is 1. The molecule has 0 radical (unpaired) electrons. The van der Waals surface area contributed by atoms with E-state index < -0.39 is 0 Å². The second-order valence-corrected chi connectivity index (χ2v) is 3.79. The van der Waals surface area contributed by atoms with E-state index in [0.29, 0.717) is 0 Å². The summed E-state index contributed by atoms with van der Waals surface area (Å²) in [5.41, 5.74) is 3.21. The third-order valence-corrected chi connectivity index (χ3v) is 2.38. The van der Waals surface area contributed by atoms with Crippen LogP contribution in [-0.4, -0.2) is 10.1 Å². The fourth-order valence-corrected chi connectivity index (χ4v) is 1.76. The first-order valence-corrected chi connectivity index (χ1v) is 4.97. The number of aromatic nitrogens is 2. The highest BCUT2D eigenvalue weighted by Crippen LogP contribution is 2.09. The molecule has 0 saturated heterocycles. The Balaban J connectivity index is 2.61. The predicted molar refractivity (Wildman–Crippen MR) is 59.2 cm³/mol. The summed E-state index contributed by atoms with van der Waals surface area (Å²) in [6.07, 6.45) is 0. The molecule has 0 aliphatic heterocycles. The van der Waals surface area contributed by atoms with Crippen molar-refractivity contribution in [2.45, 2.75) is 20.1 Å². The molecule has 2 rings (SSSR count). The molecule has 0 bridgehead atoms. The summed E-state index contributed by atoms with van der Waals surface area (Å²) in [4.78, 5) is 3.19. The van der Waals surface area contributed by atoms with Gasteiger partial charge in [0.05, 0.1) is 0 Å². The molecule has 2 N–H and O–H groups in total. The van der Waals surface area contributed by atoms with E-state index in [9.17, 15) is 5.11 Å². The Bertz CT molecular complexity index is 499. The van der Waals surface area contributed by atoms with Crippen molar-refractivity contribution in [2.24, 2.45) is 0 Å². The standard InChI is InChI=1S/C12H14N2O/c1-9(2)7-14-11-6-4-3-5-10(11)13-12(14)8-15/h3-6,15H,1,7-8H2,2H3/p+1. The van der Waals surface area contributed by atoms with E-state index in [2.05, 4.69) is 16.1 Å². The van der Waals surface area contributed by atoms with Crippen LogP contribution in [0.4, 0.5) is 0 Å². The number of aliphatic hydroxyl groups excluding tert-OH is 1. The average molecular weight is 203 g/mol. The number of allylic oxidation sites excluding steroid dienone is 1. The first-order chi connectivity index (χ1) is 7.22. The van der Waals surface area contributed by atoms with Crippen molar-refractivity contribution in [1.82, 2.24) is 4.98 Å². The van der Waals surface area contributed by atoms with Crippen molar-refractivity contribution in [3.05, 3.63) is 42.2 Å². The lowest BCUT2D eigenvalue weighted by molar-refractivity contribution is -0.672. The highest BCUT2D eigenvalue weighted by Gasteiger charge is 2.16. The number of nitrogens with one attached hydrogen (secondary N) is 1. The molecule has 0 unspecified atom stereocenters. The molecule has 0 aliphatic carbocycles. The van der Waals surface area contributed by atoms with E-state index in [1.807, 2.05) is 31.2 Å². The largest absolute Gasteiger partial charge is 0.384 e. The minimum absolute atomic E-state index is 0.0158. The Kier molecular flexibility index (Phi) is 2.56. The van der Waals surface area contributed by atoms with Gasteiger partial charge in [-0.25, -0.2) is 9.55 Å². The molecule has 2 aromatic rings. The Morgan fingerprint density at radius 2 is 2.20 bits per heavy atom. The van der Waals surface area contributed by atoms with E-state index in [-0.39, 0.29) is 6.61 Å². The van der Waals surface area contributed by atoms with Crippen LogP contribution < -0.4 is 4.57 Å². The quantitative estimate of drug-likeness (QED) is 0.576. The molecule has 15 heavy (non-hydrogen) atoms. The van der Waals surface area contributed by atoms with Gasteiger partial charge < -0.3 is 5.11 Å².